The third-order valence-electron chi connectivity index (χ3n) is 2.59. The molecular weight excluding hydrogens is 359 g/mol. The third kappa shape index (κ3) is 3.62. The van der Waals surface area contributed by atoms with Gasteiger partial charge in [-0.1, -0.05) is 23.7 Å². The number of carbonyl (C=O) groups is 1. The molecule has 0 N–H and O–H groups in total. The summed E-state index contributed by atoms with van der Waals surface area (Å²) in [6, 6.07) is 7.76. The number of alkyl halides is 3. The summed E-state index contributed by atoms with van der Waals surface area (Å²) in [5.41, 5.74) is -6.29. The van der Waals surface area contributed by atoms with Gasteiger partial charge in [0.15, 0.2) is 11.4 Å². The largest absolute Gasteiger partial charge is 0.534 e. The Kier molecular flexibility index (Phi) is 4.62. The quantitative estimate of drug-likeness (QED) is 0.472. The molecule has 0 radical (unpaired) electrons. The van der Waals surface area contributed by atoms with Crippen molar-refractivity contribution in [3.63, 3.8) is 0 Å². The third-order valence-corrected chi connectivity index (χ3v) is 3.88. The van der Waals surface area contributed by atoms with E-state index in [9.17, 15) is 26.4 Å². The highest BCUT2D eigenvalue weighted by atomic mass is 35.5. The maximum Gasteiger partial charge on any atom is 0.534 e. The van der Waals surface area contributed by atoms with Crippen LogP contribution in [0.25, 0.3) is 0 Å². The molecular formula is C13H7ClF3NO4S. The van der Waals surface area contributed by atoms with E-state index < -0.39 is 32.9 Å². The molecule has 23 heavy (non-hydrogen) atoms. The molecule has 0 saturated heterocycles. The van der Waals surface area contributed by atoms with Crippen LogP contribution in [-0.4, -0.2) is 24.7 Å². The number of carbonyl (C=O) groups excluding carboxylic acids is 1. The highest BCUT2D eigenvalue weighted by Crippen LogP contribution is 2.29. The molecule has 0 aliphatic rings. The van der Waals surface area contributed by atoms with Crippen molar-refractivity contribution in [3.8, 4) is 5.75 Å². The van der Waals surface area contributed by atoms with E-state index >= 15 is 0 Å². The maximum atomic E-state index is 12.4. The Balaban J connectivity index is 2.47. The molecule has 0 atom stereocenters. The van der Waals surface area contributed by atoms with Crippen LogP contribution in [0.4, 0.5) is 13.2 Å². The zero-order chi connectivity index (χ0) is 17.3. The Morgan fingerprint density at radius 3 is 2.39 bits per heavy atom. The minimum atomic E-state index is -5.92. The molecule has 0 bridgehead atoms. The molecule has 0 saturated carbocycles. The summed E-state index contributed by atoms with van der Waals surface area (Å²) in [7, 11) is -5.92. The van der Waals surface area contributed by atoms with Crippen LogP contribution in [0.1, 0.15) is 16.1 Å². The lowest BCUT2D eigenvalue weighted by atomic mass is 10.1. The number of hydrogen-bond acceptors (Lipinski definition) is 5. The summed E-state index contributed by atoms with van der Waals surface area (Å²) in [5.74, 6) is -1.71. The van der Waals surface area contributed by atoms with Gasteiger partial charge in [-0.2, -0.15) is 21.6 Å². The molecule has 1 heterocycles. The molecule has 1 aromatic carbocycles. The number of aromatic nitrogens is 1. The summed E-state index contributed by atoms with van der Waals surface area (Å²) >= 11 is 5.84. The van der Waals surface area contributed by atoms with Crippen molar-refractivity contribution in [3.05, 3.63) is 58.9 Å². The van der Waals surface area contributed by atoms with Crippen LogP contribution in [0.15, 0.2) is 42.6 Å². The monoisotopic (exact) mass is 365 g/mol. The molecule has 122 valence electrons. The summed E-state index contributed by atoms with van der Waals surface area (Å²) in [5, 5.41) is 0.0350. The molecule has 2 rings (SSSR count). The van der Waals surface area contributed by atoms with Gasteiger partial charge in [-0.3, -0.25) is 4.79 Å². The van der Waals surface area contributed by atoms with Gasteiger partial charge in [-0.05, 0) is 24.3 Å². The van der Waals surface area contributed by atoms with E-state index in [0.717, 1.165) is 18.3 Å². The topological polar surface area (TPSA) is 73.3 Å². The Morgan fingerprint density at radius 1 is 1.13 bits per heavy atom. The highest BCUT2D eigenvalue weighted by Gasteiger charge is 2.49. The number of ketones is 1. The van der Waals surface area contributed by atoms with Crippen molar-refractivity contribution in [1.82, 2.24) is 4.98 Å². The Morgan fingerprint density at radius 2 is 1.78 bits per heavy atom. The zero-order valence-corrected chi connectivity index (χ0v) is 12.6. The summed E-state index contributed by atoms with van der Waals surface area (Å²) in [4.78, 5) is 15.9. The lowest BCUT2D eigenvalue weighted by Crippen LogP contribution is -2.28. The van der Waals surface area contributed by atoms with E-state index in [4.69, 9.17) is 11.6 Å². The van der Waals surface area contributed by atoms with Gasteiger partial charge in [0.25, 0.3) is 0 Å². The average Bonchev–Trinajstić information content (AvgIpc) is 2.46. The Hall–Kier alpha value is -2.13. The standard InChI is InChI=1S/C13H7ClF3NO4S/c14-9-5-2-1-4-8(9)12(19)11-10(6-3-7-18-11)22-23(20,21)13(15,16)17/h1-7H. The van der Waals surface area contributed by atoms with Gasteiger partial charge in [-0.15, -0.1) is 0 Å². The Labute approximate surface area is 133 Å². The van der Waals surface area contributed by atoms with Crippen molar-refractivity contribution in [2.24, 2.45) is 0 Å². The van der Waals surface area contributed by atoms with Crippen molar-refractivity contribution in [2.45, 2.75) is 5.51 Å². The van der Waals surface area contributed by atoms with Crippen LogP contribution in [-0.2, 0) is 10.1 Å². The Bertz CT molecular complexity index is 852. The van der Waals surface area contributed by atoms with Gasteiger partial charge in [0.05, 0.1) is 5.02 Å². The molecule has 5 nitrogen and oxygen atoms in total. The first-order chi connectivity index (χ1) is 10.6. The second-order valence-electron chi connectivity index (χ2n) is 4.14. The molecule has 0 amide bonds. The van der Waals surface area contributed by atoms with Gasteiger partial charge < -0.3 is 4.18 Å². The SMILES string of the molecule is O=C(c1ccccc1Cl)c1ncccc1OS(=O)(=O)C(F)(F)F. The minimum absolute atomic E-state index is 0.0350. The van der Waals surface area contributed by atoms with Gasteiger partial charge >= 0.3 is 15.6 Å². The van der Waals surface area contributed by atoms with Crippen molar-refractivity contribution in [1.29, 1.82) is 0 Å². The van der Waals surface area contributed by atoms with Crippen LogP contribution in [0.5, 0.6) is 5.75 Å². The number of nitrogens with zero attached hydrogens (tertiary/aromatic N) is 1. The van der Waals surface area contributed by atoms with Gasteiger partial charge in [-0.25, -0.2) is 4.98 Å². The normalized spacial score (nSPS) is 12.0. The molecule has 0 aliphatic heterocycles. The minimum Gasteiger partial charge on any atom is -0.374 e. The number of benzene rings is 1. The maximum absolute atomic E-state index is 12.4. The molecule has 0 aliphatic carbocycles. The van der Waals surface area contributed by atoms with Gasteiger partial charge in [0.2, 0.25) is 5.78 Å². The molecule has 0 fully saturated rings. The molecule has 10 heteroatoms. The van der Waals surface area contributed by atoms with Gasteiger partial charge in [0.1, 0.15) is 0 Å². The summed E-state index contributed by atoms with van der Waals surface area (Å²) in [6.45, 7) is 0. The van der Waals surface area contributed by atoms with E-state index in [-0.39, 0.29) is 10.6 Å². The predicted molar refractivity (Wildman–Crippen MR) is 74.7 cm³/mol. The van der Waals surface area contributed by atoms with Crippen LogP contribution in [0.2, 0.25) is 5.02 Å². The fourth-order valence-electron chi connectivity index (χ4n) is 1.57. The first-order valence-electron chi connectivity index (χ1n) is 5.88. The van der Waals surface area contributed by atoms with E-state index in [2.05, 4.69) is 9.17 Å². The number of pyridine rings is 1. The number of halogens is 4. The zero-order valence-electron chi connectivity index (χ0n) is 11.0. The van der Waals surface area contributed by atoms with Crippen LogP contribution in [0, 0.1) is 0 Å². The fourth-order valence-corrected chi connectivity index (χ4v) is 2.25. The summed E-state index contributed by atoms with van der Waals surface area (Å²) in [6.07, 6.45) is 1.11. The summed E-state index contributed by atoms with van der Waals surface area (Å²) < 4.78 is 63.4. The highest BCUT2D eigenvalue weighted by molar-refractivity contribution is 7.88. The first kappa shape index (κ1) is 17.2. The lowest BCUT2D eigenvalue weighted by Gasteiger charge is -2.12. The van der Waals surface area contributed by atoms with E-state index in [1.165, 1.54) is 18.2 Å². The predicted octanol–water partition coefficient (Wildman–Crippen LogP) is 3.19. The lowest BCUT2D eigenvalue weighted by molar-refractivity contribution is -0.0500. The molecule has 0 unspecified atom stereocenters. The smallest absolute Gasteiger partial charge is 0.374 e. The van der Waals surface area contributed by atoms with Crippen molar-refractivity contribution >= 4 is 27.5 Å². The second-order valence-corrected chi connectivity index (χ2v) is 6.09. The van der Waals surface area contributed by atoms with E-state index in [1.54, 1.807) is 6.07 Å². The van der Waals surface area contributed by atoms with E-state index in [0.29, 0.717) is 0 Å². The van der Waals surface area contributed by atoms with Crippen molar-refractivity contribution < 1.29 is 30.6 Å². The number of hydrogen-bond donors (Lipinski definition) is 0. The van der Waals surface area contributed by atoms with E-state index in [1.807, 2.05) is 0 Å². The second kappa shape index (κ2) is 6.17. The van der Waals surface area contributed by atoms with Crippen LogP contribution >= 0.6 is 11.6 Å². The van der Waals surface area contributed by atoms with Crippen molar-refractivity contribution in [2.75, 3.05) is 0 Å². The molecule has 0 spiro atoms. The molecule has 1 aromatic heterocycles. The van der Waals surface area contributed by atoms with Crippen LogP contribution < -0.4 is 4.18 Å². The molecule has 2 aromatic rings. The van der Waals surface area contributed by atoms with Crippen LogP contribution in [0.3, 0.4) is 0 Å². The average molecular weight is 366 g/mol. The number of rotatable bonds is 4. The van der Waals surface area contributed by atoms with Gasteiger partial charge in [0, 0.05) is 11.8 Å². The fraction of sp³-hybridized carbons (Fsp3) is 0.0769. The first-order valence-corrected chi connectivity index (χ1v) is 7.67.